The summed E-state index contributed by atoms with van der Waals surface area (Å²) in [6.45, 7) is 0. The van der Waals surface area contributed by atoms with E-state index in [0.29, 0.717) is 11.5 Å². The Morgan fingerprint density at radius 3 is 2.44 bits per heavy atom. The molecule has 1 atom stereocenters. The number of carboxylic acids is 1. The molecule has 0 radical (unpaired) electrons. The van der Waals surface area contributed by atoms with Crippen LogP contribution in [0.2, 0.25) is 0 Å². The molecule has 100 valence electrons. The molecule has 1 aromatic carbocycles. The fourth-order valence-electron chi connectivity index (χ4n) is 1.60. The third-order valence-corrected chi connectivity index (χ3v) is 2.83. The first-order valence-electron chi connectivity index (χ1n) is 5.32. The molecule has 1 N–H and O–H groups in total. The second-order valence-electron chi connectivity index (χ2n) is 3.77. The Labute approximate surface area is 111 Å². The maximum Gasteiger partial charge on any atom is 0.322 e. The lowest BCUT2D eigenvalue weighted by Crippen LogP contribution is -2.34. The van der Waals surface area contributed by atoms with Gasteiger partial charge in [-0.05, 0) is 29.5 Å². The highest BCUT2D eigenvalue weighted by Crippen LogP contribution is 2.28. The number of ether oxygens (including phenoxy) is 2. The maximum absolute atomic E-state index is 11.0. The molecule has 0 heterocycles. The predicted octanol–water partition coefficient (Wildman–Crippen LogP) is 1.79. The number of hydrogen-bond donors (Lipinski definition) is 1. The Bertz CT molecular complexity index is 423. The van der Waals surface area contributed by atoms with E-state index in [9.17, 15) is 4.79 Å². The SMILES string of the molecule is COc1ccc(CC(C(=O)O)N(C)Cl)cc1OC. The van der Waals surface area contributed by atoms with E-state index < -0.39 is 12.0 Å². The van der Waals surface area contributed by atoms with Crippen molar-refractivity contribution in [2.24, 2.45) is 0 Å². The normalized spacial score (nSPS) is 12.3. The first-order chi connectivity index (χ1) is 8.49. The molecule has 0 aliphatic rings. The van der Waals surface area contributed by atoms with Crippen LogP contribution in [0.3, 0.4) is 0 Å². The van der Waals surface area contributed by atoms with Gasteiger partial charge in [0.25, 0.3) is 0 Å². The lowest BCUT2D eigenvalue weighted by Gasteiger charge is -2.18. The van der Waals surface area contributed by atoms with Gasteiger partial charge in [-0.2, -0.15) is 0 Å². The first-order valence-corrected chi connectivity index (χ1v) is 5.65. The van der Waals surface area contributed by atoms with Gasteiger partial charge in [0.05, 0.1) is 14.2 Å². The number of aliphatic carboxylic acids is 1. The van der Waals surface area contributed by atoms with Gasteiger partial charge in [0.2, 0.25) is 0 Å². The number of rotatable bonds is 6. The van der Waals surface area contributed by atoms with Crippen molar-refractivity contribution in [1.82, 2.24) is 4.42 Å². The van der Waals surface area contributed by atoms with E-state index >= 15 is 0 Å². The molecule has 6 heteroatoms. The van der Waals surface area contributed by atoms with Gasteiger partial charge in [0, 0.05) is 13.5 Å². The fourth-order valence-corrected chi connectivity index (χ4v) is 1.75. The number of carbonyl (C=O) groups is 1. The Balaban J connectivity index is 2.93. The number of methoxy groups -OCH3 is 2. The van der Waals surface area contributed by atoms with E-state index in [2.05, 4.69) is 0 Å². The van der Waals surface area contributed by atoms with Crippen LogP contribution in [0.4, 0.5) is 0 Å². The summed E-state index contributed by atoms with van der Waals surface area (Å²) in [5.74, 6) is 0.200. The van der Waals surface area contributed by atoms with Crippen molar-refractivity contribution in [2.45, 2.75) is 12.5 Å². The minimum absolute atomic E-state index is 0.287. The van der Waals surface area contributed by atoms with Gasteiger partial charge in [-0.15, -0.1) is 0 Å². The summed E-state index contributed by atoms with van der Waals surface area (Å²) in [6.07, 6.45) is 0.287. The summed E-state index contributed by atoms with van der Waals surface area (Å²) < 4.78 is 11.4. The summed E-state index contributed by atoms with van der Waals surface area (Å²) in [5.41, 5.74) is 0.813. The fraction of sp³-hybridized carbons (Fsp3) is 0.417. The average molecular weight is 274 g/mol. The van der Waals surface area contributed by atoms with Crippen molar-refractivity contribution >= 4 is 17.7 Å². The van der Waals surface area contributed by atoms with Crippen molar-refractivity contribution in [3.63, 3.8) is 0 Å². The number of nitrogens with zero attached hydrogens (tertiary/aromatic N) is 1. The van der Waals surface area contributed by atoms with E-state index in [1.165, 1.54) is 14.2 Å². The maximum atomic E-state index is 11.0. The molecular weight excluding hydrogens is 258 g/mol. The van der Waals surface area contributed by atoms with Crippen LogP contribution in [-0.4, -0.2) is 42.8 Å². The van der Waals surface area contributed by atoms with Crippen molar-refractivity contribution in [2.75, 3.05) is 21.3 Å². The number of hydrogen-bond acceptors (Lipinski definition) is 4. The van der Waals surface area contributed by atoms with Gasteiger partial charge in [-0.1, -0.05) is 6.07 Å². The van der Waals surface area contributed by atoms with Gasteiger partial charge < -0.3 is 14.6 Å². The molecule has 0 bridgehead atoms. The molecular formula is C12H16ClNO4. The zero-order valence-electron chi connectivity index (χ0n) is 10.5. The molecule has 1 rings (SSSR count). The standard InChI is InChI=1S/C12H16ClNO4/c1-14(13)9(12(15)16)6-8-4-5-10(17-2)11(7-8)18-3/h4-5,7,9H,6H2,1-3H3,(H,15,16). The minimum atomic E-state index is -0.970. The number of carboxylic acid groups (broad SMARTS) is 1. The van der Waals surface area contributed by atoms with Crippen LogP contribution < -0.4 is 9.47 Å². The lowest BCUT2D eigenvalue weighted by molar-refractivity contribution is -0.141. The van der Waals surface area contributed by atoms with Crippen LogP contribution in [0, 0.1) is 0 Å². The highest BCUT2D eigenvalue weighted by atomic mass is 35.5. The molecule has 5 nitrogen and oxygen atoms in total. The van der Waals surface area contributed by atoms with E-state index in [0.717, 1.165) is 9.98 Å². The van der Waals surface area contributed by atoms with Gasteiger partial charge >= 0.3 is 5.97 Å². The van der Waals surface area contributed by atoms with Crippen LogP contribution >= 0.6 is 11.8 Å². The van der Waals surface area contributed by atoms with Crippen LogP contribution in [-0.2, 0) is 11.2 Å². The second-order valence-corrected chi connectivity index (χ2v) is 4.31. The molecule has 0 fully saturated rings. The van der Waals surface area contributed by atoms with Crippen LogP contribution in [0.5, 0.6) is 11.5 Å². The first kappa shape index (κ1) is 14.6. The van der Waals surface area contributed by atoms with Gasteiger partial charge in [0.1, 0.15) is 6.04 Å². The van der Waals surface area contributed by atoms with Crippen molar-refractivity contribution in [1.29, 1.82) is 0 Å². The third kappa shape index (κ3) is 3.51. The summed E-state index contributed by atoms with van der Waals surface area (Å²) in [6, 6.07) is 4.48. The zero-order valence-corrected chi connectivity index (χ0v) is 11.3. The van der Waals surface area contributed by atoms with Crippen molar-refractivity contribution in [3.05, 3.63) is 23.8 Å². The Morgan fingerprint density at radius 1 is 1.39 bits per heavy atom. The van der Waals surface area contributed by atoms with Crippen LogP contribution in [0.1, 0.15) is 5.56 Å². The summed E-state index contributed by atoms with van der Waals surface area (Å²) in [7, 11) is 4.59. The summed E-state index contributed by atoms with van der Waals surface area (Å²) in [5, 5.41) is 9.05. The minimum Gasteiger partial charge on any atom is -0.493 e. The number of benzene rings is 1. The van der Waals surface area contributed by atoms with Crippen molar-refractivity contribution in [3.8, 4) is 11.5 Å². The van der Waals surface area contributed by atoms with Gasteiger partial charge in [-0.3, -0.25) is 4.79 Å². The lowest BCUT2D eigenvalue weighted by atomic mass is 10.1. The largest absolute Gasteiger partial charge is 0.493 e. The number of halogens is 1. The Kier molecular flexibility index (Phi) is 5.25. The second kappa shape index (κ2) is 6.47. The molecule has 1 unspecified atom stereocenters. The molecule has 0 aliphatic heterocycles. The zero-order chi connectivity index (χ0) is 13.7. The highest BCUT2D eigenvalue weighted by Gasteiger charge is 2.22. The molecule has 0 aromatic heterocycles. The third-order valence-electron chi connectivity index (χ3n) is 2.59. The average Bonchev–Trinajstić information content (AvgIpc) is 2.34. The Hall–Kier alpha value is -1.46. The molecule has 0 spiro atoms. The molecule has 0 saturated heterocycles. The van der Waals surface area contributed by atoms with E-state index in [1.54, 1.807) is 25.3 Å². The van der Waals surface area contributed by atoms with Gasteiger partial charge in [-0.25, -0.2) is 4.42 Å². The monoisotopic (exact) mass is 273 g/mol. The van der Waals surface area contributed by atoms with E-state index in [1.807, 2.05) is 0 Å². The van der Waals surface area contributed by atoms with Gasteiger partial charge in [0.15, 0.2) is 11.5 Å². The van der Waals surface area contributed by atoms with Crippen molar-refractivity contribution < 1.29 is 19.4 Å². The summed E-state index contributed by atoms with van der Waals surface area (Å²) in [4.78, 5) is 11.0. The molecule has 0 saturated carbocycles. The summed E-state index contributed by atoms with van der Waals surface area (Å²) >= 11 is 5.72. The molecule has 1 aromatic rings. The van der Waals surface area contributed by atoms with Crippen LogP contribution in [0.15, 0.2) is 18.2 Å². The smallest absolute Gasteiger partial charge is 0.322 e. The topological polar surface area (TPSA) is 59.0 Å². The van der Waals surface area contributed by atoms with E-state index in [4.69, 9.17) is 26.4 Å². The predicted molar refractivity (Wildman–Crippen MR) is 68.3 cm³/mol. The molecule has 0 amide bonds. The Morgan fingerprint density at radius 2 is 2.00 bits per heavy atom. The van der Waals surface area contributed by atoms with E-state index in [-0.39, 0.29) is 6.42 Å². The highest BCUT2D eigenvalue weighted by molar-refractivity contribution is 6.14. The molecule has 0 aliphatic carbocycles. The quantitative estimate of drug-likeness (QED) is 0.801. The number of likely N-dealkylation sites (N-methyl/N-ethyl adjacent to an activating group) is 1. The molecule has 18 heavy (non-hydrogen) atoms. The van der Waals surface area contributed by atoms with Crippen LogP contribution in [0.25, 0.3) is 0 Å².